The first-order chi connectivity index (χ1) is 9.65. The maximum absolute atomic E-state index is 12.1. The third-order valence-electron chi connectivity index (χ3n) is 3.54. The fourth-order valence-corrected chi connectivity index (χ4v) is 2.53. The highest BCUT2D eigenvalue weighted by atomic mass is 35.5. The van der Waals surface area contributed by atoms with Crippen LogP contribution in [0.2, 0.25) is 5.02 Å². The Labute approximate surface area is 122 Å². The summed E-state index contributed by atoms with van der Waals surface area (Å²) in [7, 11) is 0. The molecular formula is C16H14ClNO2. The van der Waals surface area contributed by atoms with Gasteiger partial charge in [-0.25, -0.2) is 0 Å². The van der Waals surface area contributed by atoms with Gasteiger partial charge in [0.05, 0.1) is 5.56 Å². The van der Waals surface area contributed by atoms with E-state index in [1.807, 2.05) is 18.2 Å². The van der Waals surface area contributed by atoms with Gasteiger partial charge in [-0.05, 0) is 30.2 Å². The van der Waals surface area contributed by atoms with Crippen molar-refractivity contribution in [2.24, 2.45) is 0 Å². The Hall–Kier alpha value is -2.00. The van der Waals surface area contributed by atoms with Crippen LogP contribution in [0, 0.1) is 0 Å². The van der Waals surface area contributed by atoms with E-state index >= 15 is 0 Å². The molecule has 0 aliphatic heterocycles. The van der Waals surface area contributed by atoms with Crippen LogP contribution < -0.4 is 5.32 Å². The van der Waals surface area contributed by atoms with Gasteiger partial charge in [0.2, 0.25) is 0 Å². The Morgan fingerprint density at radius 2 is 1.95 bits per heavy atom. The van der Waals surface area contributed by atoms with E-state index in [-0.39, 0.29) is 23.3 Å². The number of aromatic hydroxyl groups is 1. The van der Waals surface area contributed by atoms with E-state index < -0.39 is 0 Å². The summed E-state index contributed by atoms with van der Waals surface area (Å²) in [4.78, 5) is 12.1. The van der Waals surface area contributed by atoms with E-state index in [1.54, 1.807) is 6.07 Å². The van der Waals surface area contributed by atoms with Gasteiger partial charge in [0.25, 0.3) is 5.91 Å². The molecule has 1 saturated carbocycles. The van der Waals surface area contributed by atoms with Crippen molar-refractivity contribution in [1.29, 1.82) is 0 Å². The van der Waals surface area contributed by atoms with Crippen LogP contribution in [0.1, 0.15) is 28.3 Å². The predicted molar refractivity (Wildman–Crippen MR) is 78.2 cm³/mol. The molecule has 3 nitrogen and oxygen atoms in total. The highest BCUT2D eigenvalue weighted by molar-refractivity contribution is 6.31. The van der Waals surface area contributed by atoms with E-state index in [0.717, 1.165) is 6.42 Å². The molecule has 1 amide bonds. The molecule has 3 rings (SSSR count). The smallest absolute Gasteiger partial charge is 0.255 e. The van der Waals surface area contributed by atoms with Gasteiger partial charge in [0.1, 0.15) is 5.75 Å². The van der Waals surface area contributed by atoms with Gasteiger partial charge in [-0.2, -0.15) is 0 Å². The minimum Gasteiger partial charge on any atom is -0.507 e. The largest absolute Gasteiger partial charge is 0.507 e. The standard InChI is InChI=1S/C16H14ClNO2/c17-11-6-7-15(19)13(8-11)16(20)18-14-9-12(14)10-4-2-1-3-5-10/h1-8,12,14,19H,9H2,(H,18,20). The molecule has 102 valence electrons. The van der Waals surface area contributed by atoms with Gasteiger partial charge in [-0.3, -0.25) is 4.79 Å². The second-order valence-corrected chi connectivity index (χ2v) is 5.43. The first-order valence-corrected chi connectivity index (χ1v) is 6.87. The van der Waals surface area contributed by atoms with Crippen LogP contribution in [0.4, 0.5) is 0 Å². The second kappa shape index (κ2) is 5.17. The quantitative estimate of drug-likeness (QED) is 0.910. The van der Waals surface area contributed by atoms with E-state index in [1.165, 1.54) is 17.7 Å². The minimum atomic E-state index is -0.284. The molecule has 1 aliphatic rings. The van der Waals surface area contributed by atoms with Crippen LogP contribution in [0.3, 0.4) is 0 Å². The van der Waals surface area contributed by atoms with Crippen molar-refractivity contribution in [2.45, 2.75) is 18.4 Å². The first kappa shape index (κ1) is 13.0. The summed E-state index contributed by atoms with van der Waals surface area (Å²) in [5.74, 6) is 0.0266. The molecule has 2 aromatic rings. The fourth-order valence-electron chi connectivity index (χ4n) is 2.36. The zero-order valence-corrected chi connectivity index (χ0v) is 11.5. The van der Waals surface area contributed by atoms with Crippen molar-refractivity contribution in [2.75, 3.05) is 0 Å². The van der Waals surface area contributed by atoms with E-state index in [2.05, 4.69) is 17.4 Å². The predicted octanol–water partition coefficient (Wildman–Crippen LogP) is 3.33. The Balaban J connectivity index is 1.68. The Morgan fingerprint density at radius 3 is 2.70 bits per heavy atom. The van der Waals surface area contributed by atoms with Crippen molar-refractivity contribution in [1.82, 2.24) is 5.32 Å². The van der Waals surface area contributed by atoms with Crippen molar-refractivity contribution in [3.05, 3.63) is 64.7 Å². The van der Waals surface area contributed by atoms with Crippen molar-refractivity contribution in [3.8, 4) is 5.75 Å². The highest BCUT2D eigenvalue weighted by Crippen LogP contribution is 2.40. The molecule has 1 aliphatic carbocycles. The Morgan fingerprint density at radius 1 is 1.20 bits per heavy atom. The maximum atomic E-state index is 12.1. The van der Waals surface area contributed by atoms with Crippen LogP contribution in [0.25, 0.3) is 0 Å². The monoisotopic (exact) mass is 287 g/mol. The lowest BCUT2D eigenvalue weighted by Gasteiger charge is -2.07. The summed E-state index contributed by atoms with van der Waals surface area (Å²) < 4.78 is 0. The number of phenols is 1. The number of carbonyl (C=O) groups is 1. The fraction of sp³-hybridized carbons (Fsp3) is 0.188. The van der Waals surface area contributed by atoms with Gasteiger partial charge in [0, 0.05) is 17.0 Å². The average molecular weight is 288 g/mol. The third kappa shape index (κ3) is 2.63. The number of nitrogens with one attached hydrogen (secondary N) is 1. The molecule has 2 unspecified atom stereocenters. The summed E-state index contributed by atoms with van der Waals surface area (Å²) >= 11 is 5.85. The summed E-state index contributed by atoms with van der Waals surface area (Å²) in [6, 6.07) is 14.7. The molecule has 1 fully saturated rings. The van der Waals surface area contributed by atoms with E-state index in [9.17, 15) is 9.90 Å². The second-order valence-electron chi connectivity index (χ2n) is 4.99. The molecule has 4 heteroatoms. The molecule has 20 heavy (non-hydrogen) atoms. The lowest BCUT2D eigenvalue weighted by atomic mass is 10.1. The molecule has 2 N–H and O–H groups in total. The van der Waals surface area contributed by atoms with Crippen molar-refractivity contribution in [3.63, 3.8) is 0 Å². The number of phenolic OH excluding ortho intramolecular Hbond substituents is 1. The maximum Gasteiger partial charge on any atom is 0.255 e. The molecule has 2 aromatic carbocycles. The molecule has 0 spiro atoms. The normalized spacial score (nSPS) is 20.4. The number of carbonyl (C=O) groups excluding carboxylic acids is 1. The van der Waals surface area contributed by atoms with Crippen LogP contribution in [-0.2, 0) is 0 Å². The van der Waals surface area contributed by atoms with Crippen LogP contribution in [-0.4, -0.2) is 17.1 Å². The number of amides is 1. The number of rotatable bonds is 3. The lowest BCUT2D eigenvalue weighted by Crippen LogP contribution is -2.26. The molecule has 0 bridgehead atoms. The molecule has 0 heterocycles. The molecular weight excluding hydrogens is 274 g/mol. The van der Waals surface area contributed by atoms with Crippen LogP contribution in [0.15, 0.2) is 48.5 Å². The molecule has 0 aromatic heterocycles. The van der Waals surface area contributed by atoms with Gasteiger partial charge in [-0.15, -0.1) is 0 Å². The lowest BCUT2D eigenvalue weighted by molar-refractivity contribution is 0.0947. The number of halogens is 1. The Bertz CT molecular complexity index is 642. The SMILES string of the molecule is O=C(NC1CC1c1ccccc1)c1cc(Cl)ccc1O. The summed E-state index contributed by atoms with van der Waals surface area (Å²) in [5, 5.41) is 13.1. The first-order valence-electron chi connectivity index (χ1n) is 6.49. The van der Waals surface area contributed by atoms with E-state index in [0.29, 0.717) is 10.9 Å². The van der Waals surface area contributed by atoms with Crippen LogP contribution >= 0.6 is 11.6 Å². The number of hydrogen-bond acceptors (Lipinski definition) is 2. The number of benzene rings is 2. The third-order valence-corrected chi connectivity index (χ3v) is 3.77. The van der Waals surface area contributed by atoms with Crippen molar-refractivity contribution >= 4 is 17.5 Å². The number of hydrogen-bond donors (Lipinski definition) is 2. The summed E-state index contributed by atoms with van der Waals surface area (Å²) in [5.41, 5.74) is 1.45. The zero-order valence-electron chi connectivity index (χ0n) is 10.7. The molecule has 0 radical (unpaired) electrons. The minimum absolute atomic E-state index is 0.0520. The topological polar surface area (TPSA) is 49.3 Å². The summed E-state index contributed by atoms with van der Waals surface area (Å²) in [6.07, 6.45) is 0.928. The average Bonchev–Trinajstić information content (AvgIpc) is 3.21. The van der Waals surface area contributed by atoms with Crippen molar-refractivity contribution < 1.29 is 9.90 Å². The van der Waals surface area contributed by atoms with Gasteiger partial charge < -0.3 is 10.4 Å². The molecule has 0 saturated heterocycles. The Kier molecular flexibility index (Phi) is 3.36. The zero-order chi connectivity index (χ0) is 14.1. The van der Waals surface area contributed by atoms with Gasteiger partial charge in [-0.1, -0.05) is 41.9 Å². The van der Waals surface area contributed by atoms with Crippen LogP contribution in [0.5, 0.6) is 5.75 Å². The van der Waals surface area contributed by atoms with E-state index in [4.69, 9.17) is 11.6 Å². The highest BCUT2D eigenvalue weighted by Gasteiger charge is 2.39. The van der Waals surface area contributed by atoms with Gasteiger partial charge in [0.15, 0.2) is 0 Å². The molecule has 2 atom stereocenters. The van der Waals surface area contributed by atoms with Gasteiger partial charge >= 0.3 is 0 Å². The summed E-state index contributed by atoms with van der Waals surface area (Å²) in [6.45, 7) is 0.